The first-order valence-corrected chi connectivity index (χ1v) is 6.52. The van der Waals surface area contributed by atoms with Crippen molar-refractivity contribution in [3.05, 3.63) is 59.4 Å². The summed E-state index contributed by atoms with van der Waals surface area (Å²) in [6, 6.07) is 11.1. The molecule has 0 amide bonds. The van der Waals surface area contributed by atoms with Crippen LogP contribution in [0.25, 0.3) is 0 Å². The molecule has 1 unspecified atom stereocenters. The number of hydrogen-bond acceptors (Lipinski definition) is 3. The molecule has 0 aliphatic carbocycles. The van der Waals surface area contributed by atoms with Crippen LogP contribution in [-0.2, 0) is 0 Å². The van der Waals surface area contributed by atoms with Crippen LogP contribution in [0.4, 0.5) is 15.8 Å². The summed E-state index contributed by atoms with van der Waals surface area (Å²) in [5.41, 5.74) is 7.30. The minimum atomic E-state index is -1.07. The molecule has 0 aliphatic heterocycles. The van der Waals surface area contributed by atoms with Crippen LogP contribution in [0.5, 0.6) is 0 Å². The smallest absolute Gasteiger partial charge is 0.337 e. The number of anilines is 2. The Bertz CT molecular complexity index is 673. The van der Waals surface area contributed by atoms with E-state index >= 15 is 0 Å². The lowest BCUT2D eigenvalue weighted by molar-refractivity contribution is 0.0698. The monoisotopic (exact) mass is 288 g/mol. The van der Waals surface area contributed by atoms with E-state index in [9.17, 15) is 9.18 Å². The van der Waals surface area contributed by atoms with Crippen LogP contribution in [0.1, 0.15) is 28.9 Å². The van der Waals surface area contributed by atoms with E-state index in [1.807, 2.05) is 18.9 Å². The predicted molar refractivity (Wildman–Crippen MR) is 81.0 cm³/mol. The number of aromatic carboxylic acids is 1. The van der Waals surface area contributed by atoms with Crippen molar-refractivity contribution in [3.63, 3.8) is 0 Å². The SMILES string of the molecule is CC(c1ccccc1F)N(C)c1ccc(C(=O)O)c(N)c1. The van der Waals surface area contributed by atoms with E-state index in [-0.39, 0.29) is 23.1 Å². The number of nitrogens with two attached hydrogens (primary N) is 1. The predicted octanol–water partition coefficient (Wildman–Crippen LogP) is 3.30. The summed E-state index contributed by atoms with van der Waals surface area (Å²) < 4.78 is 13.8. The summed E-state index contributed by atoms with van der Waals surface area (Å²) in [4.78, 5) is 12.8. The minimum Gasteiger partial charge on any atom is -0.478 e. The lowest BCUT2D eigenvalue weighted by atomic mass is 10.1. The van der Waals surface area contributed by atoms with Gasteiger partial charge in [0, 0.05) is 24.0 Å². The molecule has 0 fully saturated rings. The number of halogens is 1. The van der Waals surface area contributed by atoms with Gasteiger partial charge in [-0.2, -0.15) is 0 Å². The van der Waals surface area contributed by atoms with Crippen LogP contribution < -0.4 is 10.6 Å². The molecule has 0 aliphatic rings. The standard InChI is InChI=1S/C16H17FN2O2/c1-10(12-5-3-4-6-14(12)17)19(2)11-7-8-13(16(20)21)15(18)9-11/h3-10H,18H2,1-2H3,(H,20,21). The highest BCUT2D eigenvalue weighted by molar-refractivity contribution is 5.94. The molecule has 2 aromatic carbocycles. The fourth-order valence-corrected chi connectivity index (χ4v) is 2.21. The maximum absolute atomic E-state index is 13.8. The number of nitrogen functional groups attached to an aromatic ring is 1. The first-order valence-electron chi connectivity index (χ1n) is 6.52. The van der Waals surface area contributed by atoms with Crippen molar-refractivity contribution >= 4 is 17.3 Å². The van der Waals surface area contributed by atoms with Gasteiger partial charge < -0.3 is 15.7 Å². The van der Waals surface area contributed by atoms with Gasteiger partial charge in [-0.3, -0.25) is 0 Å². The van der Waals surface area contributed by atoms with Gasteiger partial charge in [-0.15, -0.1) is 0 Å². The maximum atomic E-state index is 13.8. The molecule has 1 atom stereocenters. The molecule has 0 saturated heterocycles. The third kappa shape index (κ3) is 2.97. The molecule has 2 rings (SSSR count). The molecule has 3 N–H and O–H groups in total. The van der Waals surface area contributed by atoms with E-state index in [0.717, 1.165) is 5.69 Å². The molecule has 0 aromatic heterocycles. The van der Waals surface area contributed by atoms with Gasteiger partial charge in [0.1, 0.15) is 5.82 Å². The Morgan fingerprint density at radius 3 is 2.52 bits per heavy atom. The van der Waals surface area contributed by atoms with Crippen LogP contribution in [0.3, 0.4) is 0 Å². The molecular formula is C16H17FN2O2. The van der Waals surface area contributed by atoms with Crippen LogP contribution in [-0.4, -0.2) is 18.1 Å². The zero-order valence-corrected chi connectivity index (χ0v) is 11.9. The Hall–Kier alpha value is -2.56. The summed E-state index contributed by atoms with van der Waals surface area (Å²) >= 11 is 0. The Morgan fingerprint density at radius 1 is 1.29 bits per heavy atom. The summed E-state index contributed by atoms with van der Waals surface area (Å²) in [6.45, 7) is 1.87. The second kappa shape index (κ2) is 5.83. The van der Waals surface area contributed by atoms with Crippen molar-refractivity contribution in [3.8, 4) is 0 Å². The Kier molecular flexibility index (Phi) is 4.12. The summed E-state index contributed by atoms with van der Waals surface area (Å²) in [6.07, 6.45) is 0. The number of carboxylic acids is 1. The van der Waals surface area contributed by atoms with Gasteiger partial charge in [-0.05, 0) is 31.2 Å². The van der Waals surface area contributed by atoms with E-state index in [0.29, 0.717) is 5.56 Å². The largest absolute Gasteiger partial charge is 0.478 e. The Morgan fingerprint density at radius 2 is 1.95 bits per heavy atom. The normalized spacial score (nSPS) is 12.0. The Labute approximate surface area is 122 Å². The highest BCUT2D eigenvalue weighted by Gasteiger charge is 2.17. The van der Waals surface area contributed by atoms with Gasteiger partial charge in [-0.25, -0.2) is 9.18 Å². The minimum absolute atomic E-state index is 0.0608. The van der Waals surface area contributed by atoms with Gasteiger partial charge in [0.05, 0.1) is 11.6 Å². The van der Waals surface area contributed by atoms with E-state index in [1.165, 1.54) is 12.1 Å². The fourth-order valence-electron chi connectivity index (χ4n) is 2.21. The highest BCUT2D eigenvalue weighted by Crippen LogP contribution is 2.29. The van der Waals surface area contributed by atoms with Crippen molar-refractivity contribution < 1.29 is 14.3 Å². The lowest BCUT2D eigenvalue weighted by Crippen LogP contribution is -2.22. The molecule has 0 spiro atoms. The first-order chi connectivity index (χ1) is 9.91. The zero-order valence-electron chi connectivity index (χ0n) is 11.9. The molecule has 0 bridgehead atoms. The number of nitrogens with zero attached hydrogens (tertiary/aromatic N) is 1. The molecule has 0 heterocycles. The summed E-state index contributed by atoms with van der Waals surface area (Å²) in [7, 11) is 1.81. The van der Waals surface area contributed by atoms with Crippen molar-refractivity contribution in [2.24, 2.45) is 0 Å². The van der Waals surface area contributed by atoms with Gasteiger partial charge >= 0.3 is 5.97 Å². The molecule has 21 heavy (non-hydrogen) atoms. The van der Waals surface area contributed by atoms with Crippen LogP contribution in [0.2, 0.25) is 0 Å². The van der Waals surface area contributed by atoms with Crippen molar-refractivity contribution in [1.29, 1.82) is 0 Å². The number of carbonyl (C=O) groups is 1. The number of carboxylic acid groups (broad SMARTS) is 1. The van der Waals surface area contributed by atoms with Crippen LogP contribution in [0, 0.1) is 5.82 Å². The van der Waals surface area contributed by atoms with Crippen molar-refractivity contribution in [2.75, 3.05) is 17.7 Å². The fraction of sp³-hybridized carbons (Fsp3) is 0.188. The third-order valence-corrected chi connectivity index (χ3v) is 3.61. The molecule has 0 saturated carbocycles. The van der Waals surface area contributed by atoms with Gasteiger partial charge in [0.15, 0.2) is 0 Å². The van der Waals surface area contributed by atoms with Gasteiger partial charge in [0.25, 0.3) is 0 Å². The van der Waals surface area contributed by atoms with E-state index in [1.54, 1.807) is 30.3 Å². The highest BCUT2D eigenvalue weighted by atomic mass is 19.1. The summed E-state index contributed by atoms with van der Waals surface area (Å²) in [5, 5.41) is 8.98. The molecule has 0 radical (unpaired) electrons. The summed E-state index contributed by atoms with van der Waals surface area (Å²) in [5.74, 6) is -1.34. The lowest BCUT2D eigenvalue weighted by Gasteiger charge is -2.28. The average molecular weight is 288 g/mol. The van der Waals surface area contributed by atoms with Gasteiger partial charge in [0.2, 0.25) is 0 Å². The molecule has 4 nitrogen and oxygen atoms in total. The number of hydrogen-bond donors (Lipinski definition) is 2. The maximum Gasteiger partial charge on any atom is 0.337 e. The second-order valence-corrected chi connectivity index (χ2v) is 4.89. The number of benzene rings is 2. The zero-order chi connectivity index (χ0) is 15.6. The quantitative estimate of drug-likeness (QED) is 0.847. The first kappa shape index (κ1) is 14.8. The molecule has 110 valence electrons. The van der Waals surface area contributed by atoms with E-state index in [2.05, 4.69) is 0 Å². The third-order valence-electron chi connectivity index (χ3n) is 3.61. The molecule has 2 aromatic rings. The van der Waals surface area contributed by atoms with Crippen molar-refractivity contribution in [1.82, 2.24) is 0 Å². The van der Waals surface area contributed by atoms with E-state index < -0.39 is 5.97 Å². The Balaban J connectivity index is 2.32. The second-order valence-electron chi connectivity index (χ2n) is 4.89. The molecule has 5 heteroatoms. The van der Waals surface area contributed by atoms with Crippen LogP contribution in [0.15, 0.2) is 42.5 Å². The van der Waals surface area contributed by atoms with Gasteiger partial charge in [-0.1, -0.05) is 18.2 Å². The van der Waals surface area contributed by atoms with E-state index in [4.69, 9.17) is 10.8 Å². The number of rotatable bonds is 4. The average Bonchev–Trinajstić information content (AvgIpc) is 2.45. The topological polar surface area (TPSA) is 66.6 Å². The molecular weight excluding hydrogens is 271 g/mol. The van der Waals surface area contributed by atoms with Crippen LogP contribution >= 0.6 is 0 Å². The van der Waals surface area contributed by atoms with Crippen molar-refractivity contribution in [2.45, 2.75) is 13.0 Å².